The summed E-state index contributed by atoms with van der Waals surface area (Å²) < 4.78 is 11.4. The van der Waals surface area contributed by atoms with Gasteiger partial charge in [-0.1, -0.05) is 28.1 Å². The number of nitrogens with one attached hydrogen (secondary N) is 1. The molecule has 0 bridgehead atoms. The molecule has 0 fully saturated rings. The number of anilines is 1. The molecule has 0 saturated heterocycles. The van der Waals surface area contributed by atoms with Crippen molar-refractivity contribution in [2.24, 2.45) is 0 Å². The number of nitrogens with zero attached hydrogens (tertiary/aromatic N) is 2. The minimum Gasteiger partial charge on any atom is -0.477 e. The Morgan fingerprint density at radius 3 is 2.73 bits per heavy atom. The van der Waals surface area contributed by atoms with E-state index in [9.17, 15) is 9.59 Å². The van der Waals surface area contributed by atoms with E-state index in [0.29, 0.717) is 34.8 Å². The summed E-state index contributed by atoms with van der Waals surface area (Å²) in [6.45, 7) is 2.38. The first kappa shape index (κ1) is 19.8. The first-order chi connectivity index (χ1) is 14.5. The molecular weight excluding hydrogens is 450 g/mol. The van der Waals surface area contributed by atoms with Crippen molar-refractivity contribution in [1.29, 1.82) is 0 Å². The van der Waals surface area contributed by atoms with E-state index < -0.39 is 11.5 Å². The Morgan fingerprint density at radius 2 is 1.97 bits per heavy atom. The van der Waals surface area contributed by atoms with E-state index in [2.05, 4.69) is 31.4 Å². The minimum atomic E-state index is -0.698. The van der Waals surface area contributed by atoms with Gasteiger partial charge in [-0.05, 0) is 49.4 Å². The maximum absolute atomic E-state index is 12.7. The Morgan fingerprint density at radius 1 is 1.10 bits per heavy atom. The molecule has 0 saturated carbocycles. The Labute approximate surface area is 179 Å². The predicted octanol–water partition coefficient (Wildman–Crippen LogP) is 4.66. The number of hydrogen-bond acceptors (Lipinski definition) is 6. The lowest BCUT2D eigenvalue weighted by Gasteiger charge is -2.08. The monoisotopic (exact) mass is 465 g/mol. The van der Waals surface area contributed by atoms with Crippen molar-refractivity contribution in [3.8, 4) is 17.1 Å². The third-order valence-corrected chi connectivity index (χ3v) is 4.78. The Bertz CT molecular complexity index is 1290. The van der Waals surface area contributed by atoms with Gasteiger partial charge in [-0.15, -0.1) is 10.2 Å². The van der Waals surface area contributed by atoms with Crippen molar-refractivity contribution >= 4 is 38.5 Å². The summed E-state index contributed by atoms with van der Waals surface area (Å²) in [5.74, 6) is -0.110. The van der Waals surface area contributed by atoms with Crippen molar-refractivity contribution in [3.63, 3.8) is 0 Å². The fraction of sp³-hybridized carbons (Fsp3) is 0.0909. The molecule has 0 aliphatic rings. The van der Waals surface area contributed by atoms with Crippen molar-refractivity contribution < 1.29 is 13.9 Å². The number of rotatable bonds is 5. The van der Waals surface area contributed by atoms with Gasteiger partial charge < -0.3 is 14.5 Å². The van der Waals surface area contributed by atoms with Crippen LogP contribution in [0.4, 0.5) is 5.69 Å². The molecule has 0 unspecified atom stereocenters. The molecule has 8 heteroatoms. The summed E-state index contributed by atoms with van der Waals surface area (Å²) in [6, 6.07) is 17.4. The van der Waals surface area contributed by atoms with Gasteiger partial charge >= 0.3 is 5.63 Å². The van der Waals surface area contributed by atoms with E-state index in [1.54, 1.807) is 48.5 Å². The summed E-state index contributed by atoms with van der Waals surface area (Å²) in [7, 11) is 0. The number of hydrogen-bond donors (Lipinski definition) is 1. The van der Waals surface area contributed by atoms with Crippen LogP contribution in [0.5, 0.6) is 5.88 Å². The maximum atomic E-state index is 12.7. The Balaban J connectivity index is 1.59. The van der Waals surface area contributed by atoms with E-state index in [1.165, 1.54) is 6.07 Å². The van der Waals surface area contributed by atoms with E-state index >= 15 is 0 Å². The summed E-state index contributed by atoms with van der Waals surface area (Å²) in [6.07, 6.45) is 0. The van der Waals surface area contributed by atoms with E-state index in [1.807, 2.05) is 13.0 Å². The van der Waals surface area contributed by atoms with Gasteiger partial charge in [0.15, 0.2) is 0 Å². The van der Waals surface area contributed by atoms with Crippen LogP contribution in [0.15, 0.2) is 74.3 Å². The number of amides is 1. The highest BCUT2D eigenvalue weighted by Crippen LogP contribution is 2.23. The van der Waals surface area contributed by atoms with Gasteiger partial charge in [0, 0.05) is 27.2 Å². The summed E-state index contributed by atoms with van der Waals surface area (Å²) >= 11 is 3.37. The second kappa shape index (κ2) is 8.46. The molecule has 150 valence electrons. The molecule has 0 atom stereocenters. The second-order valence-electron chi connectivity index (χ2n) is 6.35. The predicted molar refractivity (Wildman–Crippen MR) is 117 cm³/mol. The van der Waals surface area contributed by atoms with Gasteiger partial charge in [0.1, 0.15) is 11.1 Å². The number of halogens is 1. The zero-order valence-corrected chi connectivity index (χ0v) is 17.5. The van der Waals surface area contributed by atoms with Gasteiger partial charge in [-0.3, -0.25) is 4.79 Å². The minimum absolute atomic E-state index is 0.0770. The van der Waals surface area contributed by atoms with Crippen molar-refractivity contribution in [1.82, 2.24) is 10.2 Å². The van der Waals surface area contributed by atoms with Crippen molar-refractivity contribution in [2.45, 2.75) is 6.92 Å². The number of carbonyl (C=O) groups is 1. The lowest BCUT2D eigenvalue weighted by molar-refractivity contribution is 0.102. The first-order valence-electron chi connectivity index (χ1n) is 9.15. The van der Waals surface area contributed by atoms with Crippen LogP contribution in [0, 0.1) is 0 Å². The summed E-state index contributed by atoms with van der Waals surface area (Å²) in [5, 5.41) is 11.5. The average molecular weight is 466 g/mol. The van der Waals surface area contributed by atoms with Gasteiger partial charge in [-0.25, -0.2) is 4.79 Å². The van der Waals surface area contributed by atoms with Crippen LogP contribution in [0.25, 0.3) is 22.2 Å². The van der Waals surface area contributed by atoms with Crippen LogP contribution >= 0.6 is 15.9 Å². The third-order valence-electron chi connectivity index (χ3n) is 4.29. The highest BCUT2D eigenvalue weighted by Gasteiger charge is 2.15. The molecule has 0 aliphatic carbocycles. The molecule has 4 rings (SSSR count). The molecule has 2 aromatic carbocycles. The molecule has 1 amide bonds. The second-order valence-corrected chi connectivity index (χ2v) is 7.27. The van der Waals surface area contributed by atoms with Crippen LogP contribution in [-0.2, 0) is 0 Å². The number of aromatic nitrogens is 2. The van der Waals surface area contributed by atoms with E-state index in [0.717, 1.165) is 10.0 Å². The van der Waals surface area contributed by atoms with Gasteiger partial charge in [0.25, 0.3) is 5.91 Å². The molecule has 4 aromatic rings. The summed E-state index contributed by atoms with van der Waals surface area (Å²) in [5.41, 5.74) is 1.54. The molecule has 0 spiro atoms. The molecule has 0 aliphatic heterocycles. The lowest BCUT2D eigenvalue weighted by atomic mass is 10.1. The first-order valence-corrected chi connectivity index (χ1v) is 9.94. The lowest BCUT2D eigenvalue weighted by Crippen LogP contribution is -2.20. The molecule has 30 heavy (non-hydrogen) atoms. The van der Waals surface area contributed by atoms with Gasteiger partial charge in [0.2, 0.25) is 5.88 Å². The summed E-state index contributed by atoms with van der Waals surface area (Å²) in [4.78, 5) is 25.0. The van der Waals surface area contributed by atoms with Crippen LogP contribution in [-0.4, -0.2) is 22.7 Å². The highest BCUT2D eigenvalue weighted by molar-refractivity contribution is 9.10. The van der Waals surface area contributed by atoms with Crippen molar-refractivity contribution in [2.75, 3.05) is 11.9 Å². The molecule has 7 nitrogen and oxygen atoms in total. The maximum Gasteiger partial charge on any atom is 0.349 e. The molecule has 1 N–H and O–H groups in total. The largest absolute Gasteiger partial charge is 0.477 e. The zero-order chi connectivity index (χ0) is 21.1. The number of ether oxygens (including phenoxy) is 1. The SMILES string of the molecule is CCOc1ccc(-c2cccc(NC(=O)c3cc4cc(Br)ccc4oc3=O)c2)nn1. The molecule has 2 heterocycles. The highest BCUT2D eigenvalue weighted by atomic mass is 79.9. The van der Waals surface area contributed by atoms with E-state index in [-0.39, 0.29) is 5.56 Å². The average Bonchev–Trinajstić information content (AvgIpc) is 2.74. The zero-order valence-electron chi connectivity index (χ0n) is 15.9. The standard InChI is InChI=1S/C22H16BrN3O4/c1-2-29-20-9-7-18(25-26-20)13-4-3-5-16(11-13)24-21(27)17-12-14-10-15(23)6-8-19(14)30-22(17)28/h3-12H,2H2,1H3,(H,24,27). The van der Waals surface area contributed by atoms with Crippen molar-refractivity contribution in [3.05, 3.63) is 81.1 Å². The van der Waals surface area contributed by atoms with E-state index in [4.69, 9.17) is 9.15 Å². The van der Waals surface area contributed by atoms with Crippen LogP contribution < -0.4 is 15.7 Å². The Hall–Kier alpha value is -3.52. The van der Waals surface area contributed by atoms with Crippen LogP contribution in [0.2, 0.25) is 0 Å². The van der Waals surface area contributed by atoms with Crippen LogP contribution in [0.1, 0.15) is 17.3 Å². The third kappa shape index (κ3) is 4.23. The molecule has 0 radical (unpaired) electrons. The van der Waals surface area contributed by atoms with Gasteiger partial charge in [-0.2, -0.15) is 0 Å². The molecular formula is C22H16BrN3O4. The smallest absolute Gasteiger partial charge is 0.349 e. The van der Waals surface area contributed by atoms with Gasteiger partial charge in [0.05, 0.1) is 12.3 Å². The fourth-order valence-corrected chi connectivity index (χ4v) is 3.28. The fourth-order valence-electron chi connectivity index (χ4n) is 2.91. The number of benzene rings is 2. The normalized spacial score (nSPS) is 10.7. The topological polar surface area (TPSA) is 94.3 Å². The Kier molecular flexibility index (Phi) is 5.58. The number of carbonyl (C=O) groups excluding carboxylic acids is 1. The quantitative estimate of drug-likeness (QED) is 0.430. The number of fused-ring (bicyclic) bond motifs is 1. The molecule has 2 aromatic heterocycles. The van der Waals surface area contributed by atoms with Crippen LogP contribution in [0.3, 0.4) is 0 Å².